The van der Waals surface area contributed by atoms with Crippen LogP contribution in [0.5, 0.6) is 0 Å². The van der Waals surface area contributed by atoms with Gasteiger partial charge in [-0.25, -0.2) is 0 Å². The molecule has 0 unspecified atom stereocenters. The molecule has 2 bridgehead atoms. The van der Waals surface area contributed by atoms with Crippen molar-refractivity contribution in [1.29, 1.82) is 0 Å². The number of aryl methyl sites for hydroxylation is 1. The zero-order valence-electron chi connectivity index (χ0n) is 15.6. The highest BCUT2D eigenvalue weighted by molar-refractivity contribution is 6.31. The predicted molar refractivity (Wildman–Crippen MR) is 109 cm³/mol. The van der Waals surface area contributed by atoms with Crippen molar-refractivity contribution in [2.75, 3.05) is 5.32 Å². The van der Waals surface area contributed by atoms with Crippen molar-refractivity contribution >= 4 is 29.2 Å². The second-order valence-electron chi connectivity index (χ2n) is 7.57. The summed E-state index contributed by atoms with van der Waals surface area (Å²) in [4.78, 5) is 25.8. The number of carbonyl (C=O) groups excluding carboxylic acids is 2. The highest BCUT2D eigenvalue weighted by Crippen LogP contribution is 2.44. The largest absolute Gasteiger partial charge is 0.447 e. The Balaban J connectivity index is 1.53. The lowest BCUT2D eigenvalue weighted by Gasteiger charge is -2.22. The predicted octanol–water partition coefficient (Wildman–Crippen LogP) is 5.08. The normalized spacial score (nSPS) is 23.4. The molecule has 0 aliphatic heterocycles. The van der Waals surface area contributed by atoms with Gasteiger partial charge in [-0.15, -0.1) is 0 Å². The van der Waals surface area contributed by atoms with E-state index in [1.807, 2.05) is 31.2 Å². The van der Waals surface area contributed by atoms with E-state index in [0.717, 1.165) is 18.4 Å². The Kier molecular flexibility index (Phi) is 5.23. The van der Waals surface area contributed by atoms with E-state index in [-0.39, 0.29) is 17.8 Å². The first-order valence-electron chi connectivity index (χ1n) is 9.52. The van der Waals surface area contributed by atoms with E-state index in [1.54, 1.807) is 24.3 Å². The van der Waals surface area contributed by atoms with E-state index < -0.39 is 12.0 Å². The summed E-state index contributed by atoms with van der Waals surface area (Å²) in [5, 5.41) is 3.39. The van der Waals surface area contributed by atoms with Crippen molar-refractivity contribution in [3.05, 3.63) is 76.8 Å². The Morgan fingerprint density at radius 3 is 2.54 bits per heavy atom. The van der Waals surface area contributed by atoms with Crippen LogP contribution in [0.1, 0.15) is 30.1 Å². The quantitative estimate of drug-likeness (QED) is 0.567. The third kappa shape index (κ3) is 3.83. The summed E-state index contributed by atoms with van der Waals surface area (Å²) in [6, 6.07) is 14.4. The highest BCUT2D eigenvalue weighted by atomic mass is 35.5. The van der Waals surface area contributed by atoms with Crippen molar-refractivity contribution in [2.45, 2.75) is 25.9 Å². The number of hydrogen-bond acceptors (Lipinski definition) is 3. The van der Waals surface area contributed by atoms with Crippen LogP contribution >= 0.6 is 11.6 Å². The third-order valence-electron chi connectivity index (χ3n) is 5.60. The molecule has 1 fully saturated rings. The van der Waals surface area contributed by atoms with Crippen molar-refractivity contribution < 1.29 is 14.3 Å². The van der Waals surface area contributed by atoms with Gasteiger partial charge in [0.05, 0.1) is 5.92 Å². The maximum absolute atomic E-state index is 13.0. The summed E-state index contributed by atoms with van der Waals surface area (Å²) in [7, 11) is 0. The molecule has 1 N–H and O–H groups in total. The second-order valence-corrected chi connectivity index (χ2v) is 7.97. The molecule has 28 heavy (non-hydrogen) atoms. The summed E-state index contributed by atoms with van der Waals surface area (Å²) in [5.74, 6) is -0.169. The van der Waals surface area contributed by atoms with Gasteiger partial charge >= 0.3 is 5.97 Å². The number of anilines is 1. The molecule has 2 aliphatic rings. The van der Waals surface area contributed by atoms with Gasteiger partial charge in [-0.1, -0.05) is 60.2 Å². The molecule has 0 saturated heterocycles. The summed E-state index contributed by atoms with van der Waals surface area (Å²) in [5.41, 5.74) is 2.14. The van der Waals surface area contributed by atoms with E-state index in [2.05, 4.69) is 17.5 Å². The van der Waals surface area contributed by atoms with Crippen molar-refractivity contribution in [2.24, 2.45) is 17.8 Å². The molecule has 4 nitrogen and oxygen atoms in total. The van der Waals surface area contributed by atoms with Crippen LogP contribution in [0.2, 0.25) is 5.02 Å². The van der Waals surface area contributed by atoms with E-state index >= 15 is 0 Å². The molecule has 1 amide bonds. The van der Waals surface area contributed by atoms with E-state index in [4.69, 9.17) is 16.3 Å². The summed E-state index contributed by atoms with van der Waals surface area (Å²) in [6.45, 7) is 1.90. The molecule has 4 atom stereocenters. The lowest BCUT2D eigenvalue weighted by atomic mass is 9.93. The summed E-state index contributed by atoms with van der Waals surface area (Å²) >= 11 is 6.16. The van der Waals surface area contributed by atoms with Gasteiger partial charge < -0.3 is 10.1 Å². The number of halogens is 1. The lowest BCUT2D eigenvalue weighted by molar-refractivity contribution is -0.159. The topological polar surface area (TPSA) is 55.4 Å². The molecule has 2 aromatic rings. The molecule has 0 heterocycles. The number of benzene rings is 2. The van der Waals surface area contributed by atoms with Gasteiger partial charge in [0.2, 0.25) is 6.10 Å². The molecule has 5 heteroatoms. The van der Waals surface area contributed by atoms with Crippen LogP contribution in [-0.4, -0.2) is 11.9 Å². The monoisotopic (exact) mass is 395 g/mol. The number of nitrogens with one attached hydrogen (secondary N) is 1. The minimum atomic E-state index is -1.00. The average Bonchev–Trinajstić information content (AvgIpc) is 3.33. The smallest absolute Gasteiger partial charge is 0.310 e. The zero-order chi connectivity index (χ0) is 19.7. The zero-order valence-corrected chi connectivity index (χ0v) is 16.4. The molecule has 2 aromatic carbocycles. The number of hydrogen-bond donors (Lipinski definition) is 1. The number of ether oxygens (including phenoxy) is 1. The molecule has 0 aromatic heterocycles. The standard InChI is InChI=1S/C23H22ClNO3/c1-14-7-10-18(13-20(14)24)25-22(26)21(16-5-3-2-4-6-16)28-23(27)19-12-15-8-9-17(19)11-15/h2-10,13,15,17,19,21H,11-12H2,1H3,(H,25,26)/t15-,17-,19-,21-/m0/s1. The number of amides is 1. The average molecular weight is 396 g/mol. The van der Waals surface area contributed by atoms with Gasteiger partial charge in [0.1, 0.15) is 0 Å². The SMILES string of the molecule is Cc1ccc(NC(=O)[C@@H](OC(=O)[C@H]2C[C@H]3C=C[C@H]2C3)c2ccccc2)cc1Cl. The fraction of sp³-hybridized carbons (Fsp3) is 0.304. The van der Waals surface area contributed by atoms with Crippen molar-refractivity contribution in [3.8, 4) is 0 Å². The van der Waals surface area contributed by atoms with Crippen LogP contribution < -0.4 is 5.32 Å². The van der Waals surface area contributed by atoms with Crippen molar-refractivity contribution in [1.82, 2.24) is 0 Å². The Hall–Kier alpha value is -2.59. The van der Waals surface area contributed by atoms with Crippen LogP contribution in [0, 0.1) is 24.7 Å². The molecule has 2 aliphatic carbocycles. The lowest BCUT2D eigenvalue weighted by Crippen LogP contribution is -2.30. The van der Waals surface area contributed by atoms with E-state index in [1.165, 1.54) is 0 Å². The first-order valence-corrected chi connectivity index (χ1v) is 9.90. The van der Waals surface area contributed by atoms with Crippen LogP contribution in [0.15, 0.2) is 60.7 Å². The van der Waals surface area contributed by atoms with Crippen LogP contribution in [0.3, 0.4) is 0 Å². The number of esters is 1. The first-order chi connectivity index (χ1) is 13.5. The third-order valence-corrected chi connectivity index (χ3v) is 6.00. The number of fused-ring (bicyclic) bond motifs is 2. The molecular formula is C23H22ClNO3. The van der Waals surface area contributed by atoms with E-state index in [0.29, 0.717) is 22.2 Å². The Labute approximate surface area is 169 Å². The molecule has 1 saturated carbocycles. The van der Waals surface area contributed by atoms with Crippen LogP contribution in [-0.2, 0) is 14.3 Å². The minimum absolute atomic E-state index is 0.164. The summed E-state index contributed by atoms with van der Waals surface area (Å²) in [6.07, 6.45) is 5.08. The minimum Gasteiger partial charge on any atom is -0.447 e. The Morgan fingerprint density at radius 1 is 1.11 bits per heavy atom. The molecule has 144 valence electrons. The fourth-order valence-electron chi connectivity index (χ4n) is 4.03. The fourth-order valence-corrected chi connectivity index (χ4v) is 4.22. The number of carbonyl (C=O) groups is 2. The maximum atomic E-state index is 13.0. The second kappa shape index (κ2) is 7.80. The molecule has 4 rings (SSSR count). The number of rotatable bonds is 5. The van der Waals surface area contributed by atoms with Crippen LogP contribution in [0.4, 0.5) is 5.69 Å². The summed E-state index contributed by atoms with van der Waals surface area (Å²) < 4.78 is 5.74. The van der Waals surface area contributed by atoms with E-state index in [9.17, 15) is 9.59 Å². The maximum Gasteiger partial charge on any atom is 0.310 e. The Bertz CT molecular complexity index is 925. The molecule has 0 spiro atoms. The van der Waals surface area contributed by atoms with Gasteiger partial charge in [-0.2, -0.15) is 0 Å². The van der Waals surface area contributed by atoms with Gasteiger partial charge in [-0.3, -0.25) is 9.59 Å². The van der Waals surface area contributed by atoms with Gasteiger partial charge in [-0.05, 0) is 49.3 Å². The molecule has 0 radical (unpaired) electrons. The van der Waals surface area contributed by atoms with Gasteiger partial charge in [0.25, 0.3) is 5.91 Å². The van der Waals surface area contributed by atoms with Crippen molar-refractivity contribution in [3.63, 3.8) is 0 Å². The Morgan fingerprint density at radius 2 is 1.89 bits per heavy atom. The molecular weight excluding hydrogens is 374 g/mol. The first kappa shape index (κ1) is 18.8. The highest BCUT2D eigenvalue weighted by Gasteiger charge is 2.42. The number of allylic oxidation sites excluding steroid dienone is 2. The van der Waals surface area contributed by atoms with Gasteiger partial charge in [0, 0.05) is 16.3 Å². The van der Waals surface area contributed by atoms with Gasteiger partial charge in [0.15, 0.2) is 0 Å². The van der Waals surface area contributed by atoms with Crippen LogP contribution in [0.25, 0.3) is 0 Å².